The first kappa shape index (κ1) is 8.21. The van der Waals surface area contributed by atoms with Crippen molar-refractivity contribution in [2.75, 3.05) is 4.72 Å². The average molecular weight is 196 g/mol. The van der Waals surface area contributed by atoms with Gasteiger partial charge in [0.15, 0.2) is 0 Å². The number of aromatic nitrogens is 2. The van der Waals surface area contributed by atoms with E-state index in [9.17, 15) is 8.76 Å². The maximum atomic E-state index is 10.3. The molecule has 1 atom stereocenters. The van der Waals surface area contributed by atoms with Crippen molar-refractivity contribution in [3.05, 3.63) is 24.4 Å². The van der Waals surface area contributed by atoms with Crippen LogP contribution in [0, 0.1) is 0 Å². The first-order valence-corrected chi connectivity index (χ1v) is 4.62. The third-order valence-corrected chi connectivity index (χ3v) is 2.05. The van der Waals surface area contributed by atoms with E-state index < -0.39 is 11.3 Å². The molecule has 2 rings (SSSR count). The molecule has 0 aliphatic heterocycles. The minimum Gasteiger partial charge on any atom is -0.755 e. The summed E-state index contributed by atoms with van der Waals surface area (Å²) >= 11 is -2.28. The molecule has 1 aromatic heterocycles. The van der Waals surface area contributed by atoms with Gasteiger partial charge in [-0.15, -0.1) is 0 Å². The van der Waals surface area contributed by atoms with Gasteiger partial charge >= 0.3 is 0 Å². The topological polar surface area (TPSA) is 80.8 Å². The molecule has 5 nitrogen and oxygen atoms in total. The summed E-state index contributed by atoms with van der Waals surface area (Å²) in [6.45, 7) is 0. The molecule has 0 aliphatic rings. The second-order valence-electron chi connectivity index (χ2n) is 2.51. The van der Waals surface area contributed by atoms with Gasteiger partial charge in [0.2, 0.25) is 0 Å². The monoisotopic (exact) mass is 196 g/mol. The van der Waals surface area contributed by atoms with E-state index in [1.165, 1.54) is 0 Å². The van der Waals surface area contributed by atoms with Gasteiger partial charge < -0.3 is 9.27 Å². The number of benzene rings is 1. The van der Waals surface area contributed by atoms with E-state index in [0.717, 1.165) is 10.9 Å². The number of rotatable bonds is 2. The van der Waals surface area contributed by atoms with Crippen molar-refractivity contribution in [1.29, 1.82) is 0 Å². The van der Waals surface area contributed by atoms with Crippen LogP contribution in [0.1, 0.15) is 0 Å². The fourth-order valence-electron chi connectivity index (χ4n) is 1.10. The summed E-state index contributed by atoms with van der Waals surface area (Å²) in [6.07, 6.45) is 1.67. The molecular weight excluding hydrogens is 190 g/mol. The van der Waals surface area contributed by atoms with Crippen molar-refractivity contribution in [2.24, 2.45) is 0 Å². The number of nitrogens with zero attached hydrogens (tertiary/aromatic N) is 1. The Morgan fingerprint density at radius 1 is 1.54 bits per heavy atom. The highest BCUT2D eigenvalue weighted by atomic mass is 32.2. The Labute approximate surface area is 76.6 Å². The highest BCUT2D eigenvalue weighted by Crippen LogP contribution is 2.16. The first-order valence-electron chi connectivity index (χ1n) is 3.55. The van der Waals surface area contributed by atoms with E-state index in [0.29, 0.717) is 5.69 Å². The molecule has 0 saturated carbocycles. The second kappa shape index (κ2) is 3.15. The quantitative estimate of drug-likeness (QED) is 0.696. The van der Waals surface area contributed by atoms with Crippen LogP contribution in [0.2, 0.25) is 0 Å². The van der Waals surface area contributed by atoms with Crippen LogP contribution in [0.4, 0.5) is 5.69 Å². The number of hydrogen-bond donors (Lipinski definition) is 2. The maximum Gasteiger partial charge on any atom is 0.0671 e. The highest BCUT2D eigenvalue weighted by molar-refractivity contribution is 7.80. The Balaban J connectivity index is 2.42. The second-order valence-corrected chi connectivity index (χ2v) is 3.18. The predicted octanol–water partition coefficient (Wildman–Crippen LogP) is 0.769. The molecular formula is C7H6N3O2S-. The van der Waals surface area contributed by atoms with Crippen molar-refractivity contribution < 1.29 is 8.76 Å². The van der Waals surface area contributed by atoms with Crippen LogP contribution in [0.5, 0.6) is 0 Å². The normalized spacial score (nSPS) is 13.0. The number of hydrogen-bond acceptors (Lipinski definition) is 3. The molecule has 0 spiro atoms. The molecule has 0 radical (unpaired) electrons. The van der Waals surface area contributed by atoms with Crippen molar-refractivity contribution in [3.63, 3.8) is 0 Å². The summed E-state index contributed by atoms with van der Waals surface area (Å²) in [5.74, 6) is 0. The maximum absolute atomic E-state index is 10.3. The van der Waals surface area contributed by atoms with Crippen LogP contribution in [-0.4, -0.2) is 19.0 Å². The molecule has 0 amide bonds. The van der Waals surface area contributed by atoms with E-state index in [2.05, 4.69) is 14.9 Å². The number of anilines is 1. The third kappa shape index (κ3) is 1.68. The zero-order valence-electron chi connectivity index (χ0n) is 6.48. The van der Waals surface area contributed by atoms with Gasteiger partial charge in [-0.2, -0.15) is 5.10 Å². The molecule has 1 aromatic carbocycles. The lowest BCUT2D eigenvalue weighted by Crippen LogP contribution is -2.01. The molecule has 6 heteroatoms. The number of nitrogens with one attached hydrogen (secondary N) is 2. The fourth-order valence-corrected chi connectivity index (χ4v) is 1.42. The van der Waals surface area contributed by atoms with Crippen LogP contribution >= 0.6 is 0 Å². The van der Waals surface area contributed by atoms with Crippen molar-refractivity contribution in [1.82, 2.24) is 10.2 Å². The zero-order chi connectivity index (χ0) is 9.26. The molecule has 2 N–H and O–H groups in total. The summed E-state index contributed by atoms with van der Waals surface area (Å²) in [5.41, 5.74) is 1.32. The van der Waals surface area contributed by atoms with Gasteiger partial charge in [0, 0.05) is 22.3 Å². The van der Waals surface area contributed by atoms with Gasteiger partial charge in [0.25, 0.3) is 0 Å². The molecule has 1 heterocycles. The fraction of sp³-hybridized carbons (Fsp3) is 0. The van der Waals surface area contributed by atoms with E-state index in [1.54, 1.807) is 24.4 Å². The van der Waals surface area contributed by atoms with E-state index in [-0.39, 0.29) is 0 Å². The summed E-state index contributed by atoms with van der Waals surface area (Å²) in [5, 5.41) is 7.50. The van der Waals surface area contributed by atoms with Gasteiger partial charge in [-0.1, -0.05) is 0 Å². The Bertz CT molecular complexity index is 454. The molecule has 0 aliphatic carbocycles. The van der Waals surface area contributed by atoms with Crippen LogP contribution in [0.15, 0.2) is 24.4 Å². The first-order chi connectivity index (χ1) is 6.25. The predicted molar refractivity (Wildman–Crippen MR) is 48.6 cm³/mol. The Hall–Kier alpha value is -1.40. The van der Waals surface area contributed by atoms with Crippen molar-refractivity contribution in [3.8, 4) is 0 Å². The summed E-state index contributed by atoms with van der Waals surface area (Å²) in [4.78, 5) is 0. The third-order valence-electron chi connectivity index (χ3n) is 1.64. The molecule has 2 aromatic rings. The Morgan fingerprint density at radius 3 is 3.15 bits per heavy atom. The van der Waals surface area contributed by atoms with Gasteiger partial charge in [-0.3, -0.25) is 9.31 Å². The van der Waals surface area contributed by atoms with Gasteiger partial charge in [0.1, 0.15) is 0 Å². The Kier molecular flexibility index (Phi) is 1.99. The van der Waals surface area contributed by atoms with Crippen molar-refractivity contribution >= 4 is 27.9 Å². The molecule has 0 saturated heterocycles. The van der Waals surface area contributed by atoms with Crippen LogP contribution in [0.25, 0.3) is 10.9 Å². The standard InChI is InChI=1S/C7H7N3O2S/c11-13(12)10-6-2-1-5-4-8-9-7(5)3-6/h1-4,10H,(H,8,9)(H,11,12)/p-1. The van der Waals surface area contributed by atoms with Crippen LogP contribution in [0.3, 0.4) is 0 Å². The van der Waals surface area contributed by atoms with Crippen LogP contribution in [-0.2, 0) is 11.3 Å². The van der Waals surface area contributed by atoms with Crippen LogP contribution < -0.4 is 4.72 Å². The van der Waals surface area contributed by atoms with Gasteiger partial charge in [-0.25, -0.2) is 0 Å². The molecule has 0 bridgehead atoms. The summed E-state index contributed by atoms with van der Waals surface area (Å²) in [6, 6.07) is 5.14. The van der Waals surface area contributed by atoms with Gasteiger partial charge in [-0.05, 0) is 18.2 Å². The number of H-pyrrole nitrogens is 1. The minimum absolute atomic E-state index is 0.519. The largest absolute Gasteiger partial charge is 0.755 e. The Morgan fingerprint density at radius 2 is 2.38 bits per heavy atom. The lowest BCUT2D eigenvalue weighted by Gasteiger charge is -2.07. The summed E-state index contributed by atoms with van der Waals surface area (Å²) < 4.78 is 22.9. The lowest BCUT2D eigenvalue weighted by molar-refractivity contribution is 0.542. The summed E-state index contributed by atoms with van der Waals surface area (Å²) in [7, 11) is 0. The zero-order valence-corrected chi connectivity index (χ0v) is 7.30. The van der Waals surface area contributed by atoms with E-state index in [1.807, 2.05) is 0 Å². The molecule has 1 unspecified atom stereocenters. The average Bonchev–Trinajstić information content (AvgIpc) is 2.49. The van der Waals surface area contributed by atoms with E-state index in [4.69, 9.17) is 0 Å². The van der Waals surface area contributed by atoms with E-state index >= 15 is 0 Å². The molecule has 68 valence electrons. The van der Waals surface area contributed by atoms with Crippen molar-refractivity contribution in [2.45, 2.75) is 0 Å². The number of fused-ring (bicyclic) bond motifs is 1. The minimum atomic E-state index is -2.28. The van der Waals surface area contributed by atoms with Gasteiger partial charge in [0.05, 0.1) is 11.7 Å². The smallest absolute Gasteiger partial charge is 0.0671 e. The SMILES string of the molecule is O=S([O-])Nc1ccc2cn[nH]c2c1. The molecule has 13 heavy (non-hydrogen) atoms. The highest BCUT2D eigenvalue weighted by Gasteiger charge is 1.96. The molecule has 0 fully saturated rings. The lowest BCUT2D eigenvalue weighted by atomic mass is 10.2. The number of aromatic amines is 1.